The number of nitrogens with zero attached hydrogens (tertiary/aromatic N) is 2. The third-order valence-electron chi connectivity index (χ3n) is 2.49. The van der Waals surface area contributed by atoms with E-state index in [1.165, 1.54) is 23.5 Å². The lowest BCUT2D eigenvalue weighted by Crippen LogP contribution is -2.15. The molecule has 4 nitrogen and oxygen atoms in total. The zero-order chi connectivity index (χ0) is 14.5. The molecule has 1 heterocycles. The molecule has 20 heavy (non-hydrogen) atoms. The van der Waals surface area contributed by atoms with E-state index in [2.05, 4.69) is 10.1 Å². The van der Waals surface area contributed by atoms with Crippen molar-refractivity contribution in [2.75, 3.05) is 6.26 Å². The summed E-state index contributed by atoms with van der Waals surface area (Å²) >= 11 is 8.80. The van der Waals surface area contributed by atoms with Crippen LogP contribution in [-0.2, 0) is 0 Å². The molecule has 0 aliphatic heterocycles. The molecule has 2 rings (SSSR count). The molecule has 0 fully saturated rings. The van der Waals surface area contributed by atoms with Crippen LogP contribution in [-0.4, -0.2) is 22.3 Å². The number of amidine groups is 1. The molecule has 0 aliphatic carbocycles. The van der Waals surface area contributed by atoms with Crippen molar-refractivity contribution < 1.29 is 5.21 Å². The number of hydrogen-bond acceptors (Lipinski definition) is 5. The molecule has 0 spiro atoms. The molecule has 7 heteroatoms. The molecular formula is C13H12ClN3OS2. The smallest absolute Gasteiger partial charge is 0.172 e. The van der Waals surface area contributed by atoms with E-state index in [1.54, 1.807) is 12.3 Å². The summed E-state index contributed by atoms with van der Waals surface area (Å²) in [5, 5.41) is 13.4. The second-order valence-electron chi connectivity index (χ2n) is 3.74. The Morgan fingerprint density at radius 2 is 2.05 bits per heavy atom. The lowest BCUT2D eigenvalue weighted by molar-refractivity contribution is 0.318. The molecule has 3 N–H and O–H groups in total. The first kappa shape index (κ1) is 15.0. The Morgan fingerprint density at radius 3 is 2.65 bits per heavy atom. The maximum atomic E-state index is 8.95. The Bertz CT molecular complexity index is 632. The zero-order valence-electron chi connectivity index (χ0n) is 10.6. The van der Waals surface area contributed by atoms with Crippen LogP contribution in [0.25, 0.3) is 0 Å². The van der Waals surface area contributed by atoms with Gasteiger partial charge in [-0.2, -0.15) is 0 Å². The highest BCUT2D eigenvalue weighted by Crippen LogP contribution is 2.34. The molecule has 0 bridgehead atoms. The molecule has 0 atom stereocenters. The molecule has 1 aromatic heterocycles. The van der Waals surface area contributed by atoms with Gasteiger partial charge in [0.05, 0.1) is 5.02 Å². The SMILES string of the molecule is CSc1cccc(Sc2ccc(Cl)cn2)c1/C(N)=N/O. The number of benzene rings is 1. The molecule has 1 aromatic carbocycles. The van der Waals surface area contributed by atoms with Crippen molar-refractivity contribution in [3.8, 4) is 0 Å². The van der Waals surface area contributed by atoms with E-state index in [9.17, 15) is 0 Å². The van der Waals surface area contributed by atoms with E-state index in [1.807, 2.05) is 30.5 Å². The lowest BCUT2D eigenvalue weighted by Gasteiger charge is -2.11. The molecule has 0 saturated carbocycles. The van der Waals surface area contributed by atoms with Crippen molar-refractivity contribution in [1.29, 1.82) is 0 Å². The van der Waals surface area contributed by atoms with Crippen molar-refractivity contribution in [2.45, 2.75) is 14.8 Å². The molecule has 0 radical (unpaired) electrons. The van der Waals surface area contributed by atoms with Crippen LogP contribution in [0.4, 0.5) is 0 Å². The summed E-state index contributed by atoms with van der Waals surface area (Å²) in [6, 6.07) is 9.37. The number of rotatable bonds is 4. The van der Waals surface area contributed by atoms with E-state index in [4.69, 9.17) is 22.5 Å². The predicted molar refractivity (Wildman–Crippen MR) is 84.1 cm³/mol. The van der Waals surface area contributed by atoms with E-state index in [-0.39, 0.29) is 5.84 Å². The van der Waals surface area contributed by atoms with Crippen LogP contribution in [0.15, 0.2) is 56.5 Å². The monoisotopic (exact) mass is 325 g/mol. The standard InChI is InChI=1S/C13H12ClN3OS2/c1-19-9-3-2-4-10(12(9)13(15)17-18)20-11-6-5-8(14)7-16-11/h2-7,18H,1H3,(H2,15,17). The Balaban J connectivity index is 2.43. The molecular weight excluding hydrogens is 314 g/mol. The van der Waals surface area contributed by atoms with Crippen LogP contribution in [0.1, 0.15) is 5.56 Å². The zero-order valence-corrected chi connectivity index (χ0v) is 13.0. The van der Waals surface area contributed by atoms with Gasteiger partial charge < -0.3 is 10.9 Å². The number of thioether (sulfide) groups is 1. The van der Waals surface area contributed by atoms with Crippen LogP contribution in [0, 0.1) is 0 Å². The summed E-state index contributed by atoms with van der Waals surface area (Å²) in [5.74, 6) is 0.0893. The van der Waals surface area contributed by atoms with Gasteiger partial charge in [-0.1, -0.05) is 34.6 Å². The minimum Gasteiger partial charge on any atom is -0.409 e. The first-order chi connectivity index (χ1) is 9.65. The highest BCUT2D eigenvalue weighted by molar-refractivity contribution is 8.00. The van der Waals surface area contributed by atoms with Crippen molar-refractivity contribution in [3.05, 3.63) is 47.1 Å². The van der Waals surface area contributed by atoms with Gasteiger partial charge >= 0.3 is 0 Å². The van der Waals surface area contributed by atoms with Crippen molar-refractivity contribution in [2.24, 2.45) is 10.9 Å². The molecule has 0 saturated heterocycles. The normalized spacial score (nSPS) is 11.6. The Labute approximate surface area is 130 Å². The van der Waals surface area contributed by atoms with Gasteiger partial charge in [0, 0.05) is 21.6 Å². The van der Waals surface area contributed by atoms with Crippen LogP contribution >= 0.6 is 35.1 Å². The quantitative estimate of drug-likeness (QED) is 0.295. The van der Waals surface area contributed by atoms with Gasteiger partial charge in [-0.05, 0) is 30.5 Å². The molecule has 0 aliphatic rings. The third kappa shape index (κ3) is 3.39. The minimum atomic E-state index is 0.0893. The second-order valence-corrected chi connectivity index (χ2v) is 6.08. The fourth-order valence-electron chi connectivity index (χ4n) is 1.60. The number of halogens is 1. The average Bonchev–Trinajstić information content (AvgIpc) is 2.48. The number of aromatic nitrogens is 1. The van der Waals surface area contributed by atoms with Gasteiger partial charge in [0.25, 0.3) is 0 Å². The van der Waals surface area contributed by atoms with Gasteiger partial charge in [0.15, 0.2) is 5.84 Å². The molecule has 104 valence electrons. The summed E-state index contributed by atoms with van der Waals surface area (Å²) in [4.78, 5) is 6.06. The van der Waals surface area contributed by atoms with Crippen molar-refractivity contribution in [3.63, 3.8) is 0 Å². The highest BCUT2D eigenvalue weighted by Gasteiger charge is 2.13. The van der Waals surface area contributed by atoms with Crippen LogP contribution in [0.5, 0.6) is 0 Å². The number of oxime groups is 1. The highest BCUT2D eigenvalue weighted by atomic mass is 35.5. The number of hydrogen-bond donors (Lipinski definition) is 2. The second kappa shape index (κ2) is 6.88. The number of pyridine rings is 1. The minimum absolute atomic E-state index is 0.0893. The van der Waals surface area contributed by atoms with Crippen LogP contribution < -0.4 is 5.73 Å². The summed E-state index contributed by atoms with van der Waals surface area (Å²) in [5.41, 5.74) is 6.49. The first-order valence-electron chi connectivity index (χ1n) is 5.60. The maximum Gasteiger partial charge on any atom is 0.172 e. The topological polar surface area (TPSA) is 71.5 Å². The largest absolute Gasteiger partial charge is 0.409 e. The molecule has 0 unspecified atom stereocenters. The fourth-order valence-corrected chi connectivity index (χ4v) is 3.34. The Hall–Kier alpha value is -1.37. The van der Waals surface area contributed by atoms with Gasteiger partial charge in [0.2, 0.25) is 0 Å². The number of nitrogens with two attached hydrogens (primary N) is 1. The Kier molecular flexibility index (Phi) is 5.17. The summed E-state index contributed by atoms with van der Waals surface area (Å²) in [6.45, 7) is 0. The third-order valence-corrected chi connectivity index (χ3v) is 4.50. The van der Waals surface area contributed by atoms with E-state index >= 15 is 0 Å². The average molecular weight is 326 g/mol. The first-order valence-corrected chi connectivity index (χ1v) is 8.02. The van der Waals surface area contributed by atoms with Gasteiger partial charge in [-0.15, -0.1) is 11.8 Å². The predicted octanol–water partition coefficient (Wildman–Crippen LogP) is 3.70. The summed E-state index contributed by atoms with van der Waals surface area (Å²) in [7, 11) is 0. The molecule has 0 amide bonds. The molecule has 2 aromatic rings. The van der Waals surface area contributed by atoms with Gasteiger partial charge in [-0.25, -0.2) is 4.98 Å². The summed E-state index contributed by atoms with van der Waals surface area (Å²) in [6.07, 6.45) is 3.53. The van der Waals surface area contributed by atoms with E-state index < -0.39 is 0 Å². The Morgan fingerprint density at radius 1 is 1.30 bits per heavy atom. The van der Waals surface area contributed by atoms with Gasteiger partial charge in [-0.3, -0.25) is 0 Å². The van der Waals surface area contributed by atoms with E-state index in [0.29, 0.717) is 10.6 Å². The van der Waals surface area contributed by atoms with Crippen LogP contribution in [0.3, 0.4) is 0 Å². The van der Waals surface area contributed by atoms with Crippen molar-refractivity contribution in [1.82, 2.24) is 4.98 Å². The van der Waals surface area contributed by atoms with Crippen LogP contribution in [0.2, 0.25) is 5.02 Å². The van der Waals surface area contributed by atoms with Crippen molar-refractivity contribution >= 4 is 41.0 Å². The van der Waals surface area contributed by atoms with Gasteiger partial charge in [0.1, 0.15) is 5.03 Å². The maximum absolute atomic E-state index is 8.95. The lowest BCUT2D eigenvalue weighted by atomic mass is 10.2. The van der Waals surface area contributed by atoms with E-state index in [0.717, 1.165) is 14.8 Å². The summed E-state index contributed by atoms with van der Waals surface area (Å²) < 4.78 is 0. The fraction of sp³-hybridized carbons (Fsp3) is 0.0769.